The lowest BCUT2D eigenvalue weighted by Crippen LogP contribution is -2.25. The molecule has 3 N–H and O–H groups in total. The lowest BCUT2D eigenvalue weighted by atomic mass is 10.1. The Morgan fingerprint density at radius 1 is 1.36 bits per heavy atom. The Bertz CT molecular complexity index is 1210. The number of aromatic amines is 1. The predicted octanol–water partition coefficient (Wildman–Crippen LogP) is 2.17. The third-order valence-corrected chi connectivity index (χ3v) is 6.73. The first-order valence-electron chi connectivity index (χ1n) is 9.46. The second-order valence-corrected chi connectivity index (χ2v) is 8.41. The quantitative estimate of drug-likeness (QED) is 0.695. The minimum Gasteiger partial charge on any atom is -0.492 e. The van der Waals surface area contributed by atoms with Gasteiger partial charge in [0.05, 0.1) is 18.0 Å². The number of ether oxygens (including phenoxy) is 1. The third-order valence-electron chi connectivity index (χ3n) is 5.85. The Morgan fingerprint density at radius 3 is 2.79 bits per heavy atom. The van der Waals surface area contributed by atoms with Crippen molar-refractivity contribution in [2.75, 3.05) is 31.6 Å². The highest BCUT2D eigenvalue weighted by Crippen LogP contribution is 2.46. The maximum Gasteiger partial charge on any atom is 0.271 e. The van der Waals surface area contributed by atoms with Crippen LogP contribution in [-0.4, -0.2) is 35.7 Å². The van der Waals surface area contributed by atoms with Crippen LogP contribution in [0.25, 0.3) is 21.1 Å². The molecule has 1 saturated heterocycles. The number of pyridine rings is 1. The monoisotopic (exact) mass is 404 g/mol. The highest BCUT2D eigenvalue weighted by Gasteiger charge is 2.34. The van der Waals surface area contributed by atoms with Gasteiger partial charge in [-0.3, -0.25) is 14.0 Å². The summed E-state index contributed by atoms with van der Waals surface area (Å²) in [4.78, 5) is 27.8. The Kier molecular flexibility index (Phi) is 3.99. The zero-order valence-electron chi connectivity index (χ0n) is 15.5. The maximum absolute atomic E-state index is 15.2. The summed E-state index contributed by atoms with van der Waals surface area (Å²) in [5, 5.41) is 0.291. The summed E-state index contributed by atoms with van der Waals surface area (Å²) in [7, 11) is 1.50. The number of H-pyrrole nitrogens is 1. The van der Waals surface area contributed by atoms with Crippen LogP contribution in [0.15, 0.2) is 15.7 Å². The molecule has 9 heteroatoms. The molecule has 0 spiro atoms. The standard InChI is InChI=1S/C19H21FN4O3S/c1-27-17-14-11(6-12(20)15(17)23-5-4-9(7-21)8-23)16(25)13-18(26)22-28-19(13)24(14)10-2-3-10/h6,9-10H,2-5,7-8,21H2,1H3,(H,22,26)/t9-/m1/s1. The van der Waals surface area contributed by atoms with Crippen LogP contribution in [0, 0.1) is 11.7 Å². The minimum atomic E-state index is -0.507. The number of anilines is 1. The number of methoxy groups -OCH3 is 1. The predicted molar refractivity (Wildman–Crippen MR) is 108 cm³/mol. The number of rotatable bonds is 4. The molecule has 148 valence electrons. The fraction of sp³-hybridized carbons (Fsp3) is 0.474. The number of benzene rings is 1. The van der Waals surface area contributed by atoms with Gasteiger partial charge < -0.3 is 19.9 Å². The number of hydrogen-bond donors (Lipinski definition) is 2. The van der Waals surface area contributed by atoms with E-state index in [0.717, 1.165) is 30.8 Å². The van der Waals surface area contributed by atoms with Crippen molar-refractivity contribution in [1.82, 2.24) is 8.94 Å². The largest absolute Gasteiger partial charge is 0.492 e. The highest BCUT2D eigenvalue weighted by molar-refractivity contribution is 7.12. The molecule has 2 fully saturated rings. The Hall–Kier alpha value is -2.39. The van der Waals surface area contributed by atoms with Gasteiger partial charge >= 0.3 is 0 Å². The van der Waals surface area contributed by atoms with E-state index >= 15 is 4.39 Å². The van der Waals surface area contributed by atoms with Gasteiger partial charge in [-0.25, -0.2) is 4.39 Å². The Labute approximate surface area is 163 Å². The molecule has 7 nitrogen and oxygen atoms in total. The molecule has 28 heavy (non-hydrogen) atoms. The number of nitrogens with one attached hydrogen (secondary N) is 1. The molecule has 0 unspecified atom stereocenters. The van der Waals surface area contributed by atoms with Gasteiger partial charge in [-0.15, -0.1) is 0 Å². The summed E-state index contributed by atoms with van der Waals surface area (Å²) in [6.45, 7) is 1.90. The molecule has 3 heterocycles. The molecular formula is C19H21FN4O3S. The van der Waals surface area contributed by atoms with Gasteiger partial charge in [-0.2, -0.15) is 0 Å². The van der Waals surface area contributed by atoms with Crippen molar-refractivity contribution in [1.29, 1.82) is 0 Å². The highest BCUT2D eigenvalue weighted by atomic mass is 32.1. The smallest absolute Gasteiger partial charge is 0.271 e. The zero-order chi connectivity index (χ0) is 19.6. The van der Waals surface area contributed by atoms with Crippen molar-refractivity contribution in [2.45, 2.75) is 25.3 Å². The van der Waals surface area contributed by atoms with Gasteiger partial charge in [0.2, 0.25) is 5.43 Å². The van der Waals surface area contributed by atoms with Crippen LogP contribution >= 0.6 is 11.5 Å². The van der Waals surface area contributed by atoms with Gasteiger partial charge in [0.15, 0.2) is 11.6 Å². The van der Waals surface area contributed by atoms with Crippen LogP contribution in [0.4, 0.5) is 10.1 Å². The van der Waals surface area contributed by atoms with E-state index in [1.54, 1.807) is 0 Å². The number of aromatic nitrogens is 2. The molecule has 2 aliphatic rings. The van der Waals surface area contributed by atoms with Gasteiger partial charge in [0, 0.05) is 19.1 Å². The van der Waals surface area contributed by atoms with Crippen LogP contribution in [-0.2, 0) is 0 Å². The molecule has 1 aromatic carbocycles. The lowest BCUT2D eigenvalue weighted by Gasteiger charge is -2.24. The van der Waals surface area contributed by atoms with Gasteiger partial charge in [0.1, 0.15) is 15.9 Å². The number of halogens is 1. The zero-order valence-corrected chi connectivity index (χ0v) is 16.3. The third kappa shape index (κ3) is 2.42. The van der Waals surface area contributed by atoms with Crippen molar-refractivity contribution >= 4 is 38.3 Å². The number of hydrogen-bond acceptors (Lipinski definition) is 6. The van der Waals surface area contributed by atoms with Crippen LogP contribution in [0.1, 0.15) is 25.3 Å². The van der Waals surface area contributed by atoms with E-state index in [0.29, 0.717) is 47.3 Å². The van der Waals surface area contributed by atoms with Gasteiger partial charge in [-0.05, 0) is 49.3 Å². The molecule has 0 bridgehead atoms. The molecular weight excluding hydrogens is 383 g/mol. The first-order chi connectivity index (χ1) is 13.5. The van der Waals surface area contributed by atoms with Crippen molar-refractivity contribution in [3.05, 3.63) is 32.5 Å². The van der Waals surface area contributed by atoms with Crippen LogP contribution in [0.2, 0.25) is 0 Å². The van der Waals surface area contributed by atoms with Gasteiger partial charge in [-0.1, -0.05) is 0 Å². The maximum atomic E-state index is 15.2. The average molecular weight is 404 g/mol. The van der Waals surface area contributed by atoms with Crippen LogP contribution in [0.3, 0.4) is 0 Å². The first-order valence-corrected chi connectivity index (χ1v) is 10.3. The lowest BCUT2D eigenvalue weighted by molar-refractivity contribution is 0.414. The molecule has 1 saturated carbocycles. The first kappa shape index (κ1) is 17.7. The van der Waals surface area contributed by atoms with E-state index in [1.165, 1.54) is 13.2 Å². The van der Waals surface area contributed by atoms with Crippen LogP contribution in [0.5, 0.6) is 5.75 Å². The number of nitrogens with zero attached hydrogens (tertiary/aromatic N) is 2. The summed E-state index contributed by atoms with van der Waals surface area (Å²) < 4.78 is 25.6. The number of nitrogens with two attached hydrogens (primary N) is 1. The summed E-state index contributed by atoms with van der Waals surface area (Å²) in [5.74, 6) is 0.162. The summed E-state index contributed by atoms with van der Waals surface area (Å²) in [5.41, 5.74) is 5.88. The molecule has 0 amide bonds. The number of fused-ring (bicyclic) bond motifs is 2. The van der Waals surface area contributed by atoms with E-state index in [2.05, 4.69) is 4.37 Å². The van der Waals surface area contributed by atoms with Crippen molar-refractivity contribution in [2.24, 2.45) is 11.7 Å². The summed E-state index contributed by atoms with van der Waals surface area (Å²) >= 11 is 1.15. The molecule has 1 atom stereocenters. The van der Waals surface area contributed by atoms with E-state index < -0.39 is 16.8 Å². The fourth-order valence-corrected chi connectivity index (χ4v) is 5.23. The second-order valence-electron chi connectivity index (χ2n) is 7.62. The molecule has 0 radical (unpaired) electrons. The van der Waals surface area contributed by atoms with E-state index in [9.17, 15) is 9.59 Å². The molecule has 2 aromatic heterocycles. The summed E-state index contributed by atoms with van der Waals surface area (Å²) in [6.07, 6.45) is 2.80. The van der Waals surface area contributed by atoms with E-state index in [-0.39, 0.29) is 16.8 Å². The van der Waals surface area contributed by atoms with Crippen LogP contribution < -0.4 is 26.4 Å². The van der Waals surface area contributed by atoms with E-state index in [4.69, 9.17) is 10.5 Å². The molecule has 5 rings (SSSR count). The minimum absolute atomic E-state index is 0.1000. The van der Waals surface area contributed by atoms with E-state index in [1.807, 2.05) is 9.47 Å². The van der Waals surface area contributed by atoms with Gasteiger partial charge in [0.25, 0.3) is 5.56 Å². The molecule has 1 aliphatic heterocycles. The average Bonchev–Trinajstić information content (AvgIpc) is 3.28. The van der Waals surface area contributed by atoms with Crippen molar-refractivity contribution in [3.8, 4) is 5.75 Å². The molecule has 1 aliphatic carbocycles. The Morgan fingerprint density at radius 2 is 2.14 bits per heavy atom. The second kappa shape index (κ2) is 6.31. The normalized spacial score (nSPS) is 19.8. The van der Waals surface area contributed by atoms with Crippen molar-refractivity contribution < 1.29 is 9.13 Å². The topological polar surface area (TPSA) is 93.3 Å². The Balaban J connectivity index is 1.89. The fourth-order valence-electron chi connectivity index (χ4n) is 4.32. The van der Waals surface area contributed by atoms with Crippen molar-refractivity contribution in [3.63, 3.8) is 0 Å². The SMILES string of the molecule is COc1c(N2CC[C@H](CN)C2)c(F)cc2c(=O)c3c(=O)[nH]sc3n(C3CC3)c12. The molecule has 3 aromatic rings. The summed E-state index contributed by atoms with van der Waals surface area (Å²) in [6, 6.07) is 1.44.